The van der Waals surface area contributed by atoms with E-state index in [0.717, 1.165) is 13.1 Å². The maximum atomic E-state index is 9.87. The molecule has 0 atom stereocenters. The average Bonchev–Trinajstić information content (AvgIpc) is 2.30. The van der Waals surface area contributed by atoms with Crippen LogP contribution in [0.15, 0.2) is 5.11 Å². The predicted molar refractivity (Wildman–Crippen MR) is 52.9 cm³/mol. The number of hydrogen-bond acceptors (Lipinski definition) is 3. The van der Waals surface area contributed by atoms with Gasteiger partial charge in [-0.05, 0) is 19.6 Å². The molecule has 1 heterocycles. The van der Waals surface area contributed by atoms with E-state index < -0.39 is 7.81 Å². The molecule has 0 aromatic heterocycles. The first-order valence-corrected chi connectivity index (χ1v) is 6.24. The van der Waals surface area contributed by atoms with Crippen LogP contribution in [0.5, 0.6) is 0 Å². The van der Waals surface area contributed by atoms with Crippen molar-refractivity contribution in [3.63, 3.8) is 0 Å². The quantitative estimate of drug-likeness (QED) is 0.241. The van der Waals surface area contributed by atoms with E-state index >= 15 is 0 Å². The molecule has 0 bridgehead atoms. The molecule has 0 aromatic rings. The maximum absolute atomic E-state index is 10.7. The molecule has 0 radical (unpaired) electrons. The van der Waals surface area contributed by atoms with Gasteiger partial charge in [0.05, 0.1) is 0 Å². The Hall–Kier alpha value is -0.760. The molecular weight excluding hydrogens is 275 g/mol. The molecule has 1 aliphatic rings. The van der Waals surface area contributed by atoms with Gasteiger partial charge in [0.15, 0.2) is 0 Å². The van der Waals surface area contributed by atoms with Gasteiger partial charge < -0.3 is 0 Å². The molecular formula is C5H12F6N5P. The second-order valence-electron chi connectivity index (χ2n) is 3.47. The summed E-state index contributed by atoms with van der Waals surface area (Å²) in [6, 6.07) is 0. The van der Waals surface area contributed by atoms with Crippen molar-refractivity contribution in [1.82, 2.24) is 9.80 Å². The van der Waals surface area contributed by atoms with E-state index in [-0.39, 0.29) is 7.72 Å². The van der Waals surface area contributed by atoms with E-state index in [1.165, 1.54) is 0 Å². The van der Waals surface area contributed by atoms with Crippen molar-refractivity contribution in [2.45, 2.75) is 6.29 Å². The van der Waals surface area contributed by atoms with Crippen LogP contribution in [0.3, 0.4) is 0 Å². The van der Waals surface area contributed by atoms with Crippen LogP contribution in [-0.4, -0.2) is 43.3 Å². The van der Waals surface area contributed by atoms with Gasteiger partial charge in [-0.3, -0.25) is 9.80 Å². The second kappa shape index (κ2) is 4.16. The Kier molecular flexibility index (Phi) is 3.98. The summed E-state index contributed by atoms with van der Waals surface area (Å²) in [6.45, 7) is 1.94. The van der Waals surface area contributed by atoms with Gasteiger partial charge in [-0.25, -0.2) is 0 Å². The Morgan fingerprint density at radius 1 is 1.12 bits per heavy atom. The molecule has 1 saturated heterocycles. The van der Waals surface area contributed by atoms with E-state index in [9.17, 15) is 25.2 Å². The summed E-state index contributed by atoms with van der Waals surface area (Å²) in [7, 11) is -6.76. The zero-order valence-electron chi connectivity index (χ0n) is 9.94. The molecule has 0 aliphatic carbocycles. The Morgan fingerprint density at radius 3 is 1.65 bits per heavy atom. The number of halogens is 6. The van der Waals surface area contributed by atoms with Crippen LogP contribution in [0.25, 0.3) is 10.4 Å². The fourth-order valence-corrected chi connectivity index (χ4v) is 1.11. The summed E-state index contributed by atoms with van der Waals surface area (Å²) in [6.07, 6.45) is -0.0787. The maximum Gasteiger partial charge on any atom is 1.00 e. The molecule has 0 spiro atoms. The van der Waals surface area contributed by atoms with Crippen molar-refractivity contribution in [3.8, 4) is 0 Å². The molecule has 104 valence electrons. The first-order valence-electron chi connectivity index (χ1n) is 4.22. The summed E-state index contributed by atoms with van der Waals surface area (Å²) in [5.41, 5.74) is 8.17. The molecule has 12 heteroatoms. The third-order valence-corrected chi connectivity index (χ3v) is 1.75. The fraction of sp³-hybridized carbons (Fsp3) is 1.00. The van der Waals surface area contributed by atoms with Crippen molar-refractivity contribution in [2.24, 2.45) is 5.11 Å². The first-order chi connectivity index (χ1) is 7.20. The minimum Gasteiger partial charge on any atom is 1.00 e. The topological polar surface area (TPSA) is 55.2 Å². The molecule has 1 fully saturated rings. The molecule has 0 aromatic carbocycles. The SMILES string of the molecule is CN1CCN(C)C1N=[N+]=[N-].F[P-](F)(F)(F)(F)F.[H+]. The van der Waals surface area contributed by atoms with Crippen LogP contribution >= 0.6 is 7.81 Å². The van der Waals surface area contributed by atoms with Gasteiger partial charge in [0.25, 0.3) is 0 Å². The number of likely N-dealkylation sites (N-methyl/N-ethyl adjacent to an activating group) is 2. The second-order valence-corrected chi connectivity index (χ2v) is 5.39. The van der Waals surface area contributed by atoms with Gasteiger partial charge in [0.1, 0.15) is 6.29 Å². The normalized spacial score (nSPS) is 23.1. The largest absolute Gasteiger partial charge is 1.00 e. The van der Waals surface area contributed by atoms with Crippen LogP contribution in [0.4, 0.5) is 25.2 Å². The van der Waals surface area contributed by atoms with Crippen molar-refractivity contribution in [3.05, 3.63) is 10.4 Å². The average molecular weight is 287 g/mol. The van der Waals surface area contributed by atoms with Gasteiger partial charge in [0, 0.05) is 18.0 Å². The van der Waals surface area contributed by atoms with Gasteiger partial charge >= 0.3 is 34.4 Å². The van der Waals surface area contributed by atoms with Gasteiger partial charge in [0.2, 0.25) is 0 Å². The van der Waals surface area contributed by atoms with E-state index in [1.54, 1.807) is 0 Å². The molecule has 0 N–H and O–H groups in total. The van der Waals surface area contributed by atoms with E-state index in [1.807, 2.05) is 23.9 Å². The van der Waals surface area contributed by atoms with E-state index in [0.29, 0.717) is 0 Å². The number of azide groups is 1. The number of rotatable bonds is 1. The van der Waals surface area contributed by atoms with Crippen LogP contribution in [-0.2, 0) is 0 Å². The minimum atomic E-state index is -10.7. The molecule has 0 saturated carbocycles. The fourth-order valence-electron chi connectivity index (χ4n) is 1.11. The summed E-state index contributed by atoms with van der Waals surface area (Å²) in [5, 5.41) is 3.62. The Labute approximate surface area is 94.3 Å². The zero-order valence-corrected chi connectivity index (χ0v) is 9.84. The number of nitrogens with zero attached hydrogens (tertiary/aromatic N) is 5. The molecule has 17 heavy (non-hydrogen) atoms. The summed E-state index contributed by atoms with van der Waals surface area (Å²) < 4.78 is 59.2. The van der Waals surface area contributed by atoms with Gasteiger partial charge in [-0.1, -0.05) is 5.11 Å². The van der Waals surface area contributed by atoms with Crippen molar-refractivity contribution in [1.29, 1.82) is 0 Å². The Bertz CT molecular complexity index is 304. The van der Waals surface area contributed by atoms with E-state index in [4.69, 9.17) is 5.53 Å². The predicted octanol–water partition coefficient (Wildman–Crippen LogP) is 3.95. The van der Waals surface area contributed by atoms with Crippen LogP contribution < -0.4 is 0 Å². The van der Waals surface area contributed by atoms with E-state index in [2.05, 4.69) is 10.0 Å². The van der Waals surface area contributed by atoms with Crippen LogP contribution in [0.2, 0.25) is 0 Å². The Morgan fingerprint density at radius 2 is 1.41 bits per heavy atom. The first kappa shape index (κ1) is 16.2. The van der Waals surface area contributed by atoms with Crippen LogP contribution in [0, 0.1) is 0 Å². The summed E-state index contributed by atoms with van der Waals surface area (Å²) in [4.78, 5) is 6.79. The third kappa shape index (κ3) is 11.5. The molecule has 1 aliphatic heterocycles. The van der Waals surface area contributed by atoms with Crippen molar-refractivity contribution in [2.75, 3.05) is 27.2 Å². The van der Waals surface area contributed by atoms with Crippen molar-refractivity contribution < 1.29 is 26.6 Å². The molecule has 0 amide bonds. The number of hydrogen-bond donors (Lipinski definition) is 0. The zero-order chi connectivity index (χ0) is 14.0. The summed E-state index contributed by atoms with van der Waals surface area (Å²) in [5.74, 6) is 0. The van der Waals surface area contributed by atoms with Gasteiger partial charge in [-0.2, -0.15) is 0 Å². The third-order valence-electron chi connectivity index (χ3n) is 1.75. The van der Waals surface area contributed by atoms with Crippen molar-refractivity contribution >= 4 is 7.81 Å². The monoisotopic (exact) mass is 287 g/mol. The van der Waals surface area contributed by atoms with Crippen LogP contribution in [0.1, 0.15) is 1.43 Å². The van der Waals surface area contributed by atoms with Gasteiger partial charge in [-0.15, -0.1) is 0 Å². The molecule has 0 unspecified atom stereocenters. The standard InChI is InChI=1S/C5H11N5.F6P/c1-9-3-4-10(2)5(9)7-8-6;1-7(2,3,4,5)6/h5H,3-4H2,1-2H3;/q;-1/p+1. The smallest absolute Gasteiger partial charge is 1.00 e. The molecule has 5 nitrogen and oxygen atoms in total. The minimum absolute atomic E-state index is 0. The molecule has 1 rings (SSSR count). The summed E-state index contributed by atoms with van der Waals surface area (Å²) >= 11 is 0. The Balaban J connectivity index is 0.